The van der Waals surface area contributed by atoms with Gasteiger partial charge in [0.15, 0.2) is 5.96 Å². The highest BCUT2D eigenvalue weighted by atomic mass is 16.6. The lowest BCUT2D eigenvalue weighted by Crippen LogP contribution is -2.45. The zero-order valence-corrected chi connectivity index (χ0v) is 17.1. The second-order valence-electron chi connectivity index (χ2n) is 7.69. The van der Waals surface area contributed by atoms with Gasteiger partial charge in [0, 0.05) is 32.9 Å². The number of rotatable bonds is 7. The van der Waals surface area contributed by atoms with Crippen LogP contribution in [-0.2, 0) is 11.3 Å². The first-order valence-corrected chi connectivity index (χ1v) is 9.02. The average molecular weight is 367 g/mol. The molecule has 0 aromatic carbocycles. The minimum absolute atomic E-state index is 0.0259. The first-order valence-electron chi connectivity index (χ1n) is 9.02. The van der Waals surface area contributed by atoms with Crippen molar-refractivity contribution < 1.29 is 9.53 Å². The normalized spacial score (nSPS) is 13.5. The third kappa shape index (κ3) is 8.22. The molecule has 8 heteroatoms. The zero-order chi connectivity index (χ0) is 19.7. The van der Waals surface area contributed by atoms with Crippen LogP contribution in [0.5, 0.6) is 0 Å². The van der Waals surface area contributed by atoms with Crippen molar-refractivity contribution in [1.29, 1.82) is 0 Å². The molecule has 1 unspecified atom stereocenters. The van der Waals surface area contributed by atoms with Crippen LogP contribution in [0.3, 0.4) is 0 Å². The smallest absolute Gasteiger partial charge is 0.407 e. The van der Waals surface area contributed by atoms with Crippen molar-refractivity contribution in [3.63, 3.8) is 0 Å². The van der Waals surface area contributed by atoms with Crippen LogP contribution in [0.1, 0.15) is 46.7 Å². The molecule has 1 aromatic rings. The number of amides is 1. The maximum absolute atomic E-state index is 12.0. The minimum atomic E-state index is -0.499. The molecule has 148 valence electrons. The molecule has 0 saturated heterocycles. The second-order valence-corrected chi connectivity index (χ2v) is 7.69. The van der Waals surface area contributed by atoms with Gasteiger partial charge in [-0.2, -0.15) is 5.10 Å². The van der Waals surface area contributed by atoms with Gasteiger partial charge in [-0.3, -0.25) is 10.1 Å². The SMILES string of the molecule is CN=C(NCc1ccn[nH]1)N(C)CCC(NC(=O)OC(C)(C)C)C(C)C. The lowest BCUT2D eigenvalue weighted by molar-refractivity contribution is 0.0486. The van der Waals surface area contributed by atoms with Crippen molar-refractivity contribution in [3.05, 3.63) is 18.0 Å². The van der Waals surface area contributed by atoms with E-state index in [1.165, 1.54) is 0 Å². The molecule has 0 aliphatic heterocycles. The van der Waals surface area contributed by atoms with E-state index in [4.69, 9.17) is 4.74 Å². The number of hydrogen-bond acceptors (Lipinski definition) is 4. The van der Waals surface area contributed by atoms with Gasteiger partial charge in [-0.05, 0) is 39.2 Å². The van der Waals surface area contributed by atoms with E-state index >= 15 is 0 Å². The van der Waals surface area contributed by atoms with Gasteiger partial charge < -0.3 is 20.3 Å². The molecule has 8 nitrogen and oxygen atoms in total. The van der Waals surface area contributed by atoms with Crippen LogP contribution >= 0.6 is 0 Å². The Balaban J connectivity index is 2.51. The molecule has 0 bridgehead atoms. The van der Waals surface area contributed by atoms with Crippen LogP contribution in [0.4, 0.5) is 4.79 Å². The molecule has 0 spiro atoms. The quantitative estimate of drug-likeness (QED) is 0.509. The largest absolute Gasteiger partial charge is 0.444 e. The first kappa shape index (κ1) is 21.8. The third-order valence-corrected chi connectivity index (χ3v) is 3.85. The number of nitrogens with zero attached hydrogens (tertiary/aromatic N) is 3. The van der Waals surface area contributed by atoms with Crippen molar-refractivity contribution in [3.8, 4) is 0 Å². The Morgan fingerprint density at radius 1 is 1.42 bits per heavy atom. The van der Waals surface area contributed by atoms with Crippen LogP contribution < -0.4 is 10.6 Å². The van der Waals surface area contributed by atoms with E-state index in [1.54, 1.807) is 13.2 Å². The van der Waals surface area contributed by atoms with Crippen LogP contribution in [0.25, 0.3) is 0 Å². The van der Waals surface area contributed by atoms with Crippen LogP contribution in [0.15, 0.2) is 17.3 Å². The van der Waals surface area contributed by atoms with E-state index in [2.05, 4.69) is 39.7 Å². The molecular weight excluding hydrogens is 332 g/mol. The number of aliphatic imine (C=N–C) groups is 1. The third-order valence-electron chi connectivity index (χ3n) is 3.85. The standard InChI is InChI=1S/C18H34N6O2/c1-13(2)15(22-17(25)26-18(3,4)5)9-11-24(7)16(19-6)20-12-14-8-10-21-23-14/h8,10,13,15H,9,11-12H2,1-7H3,(H,19,20)(H,21,23)(H,22,25). The van der Waals surface area contributed by atoms with Gasteiger partial charge in [0.25, 0.3) is 0 Å². The molecule has 1 atom stereocenters. The molecule has 1 rings (SSSR count). The number of aromatic nitrogens is 2. The zero-order valence-electron chi connectivity index (χ0n) is 17.1. The summed E-state index contributed by atoms with van der Waals surface area (Å²) < 4.78 is 5.36. The number of guanidine groups is 1. The number of alkyl carbamates (subject to hydrolysis) is 1. The van der Waals surface area contributed by atoms with Crippen molar-refractivity contribution in [1.82, 2.24) is 25.7 Å². The molecule has 0 radical (unpaired) electrons. The number of carbonyl (C=O) groups excluding carboxylic acids is 1. The summed E-state index contributed by atoms with van der Waals surface area (Å²) in [5.74, 6) is 1.09. The molecule has 0 aliphatic carbocycles. The van der Waals surface area contributed by atoms with Gasteiger partial charge in [-0.15, -0.1) is 0 Å². The summed E-state index contributed by atoms with van der Waals surface area (Å²) in [4.78, 5) is 18.4. The second kappa shape index (κ2) is 10.0. The highest BCUT2D eigenvalue weighted by Crippen LogP contribution is 2.11. The van der Waals surface area contributed by atoms with Crippen LogP contribution in [-0.4, -0.2) is 59.4 Å². The summed E-state index contributed by atoms with van der Waals surface area (Å²) in [6.07, 6.45) is 2.14. The fourth-order valence-corrected chi connectivity index (χ4v) is 2.41. The van der Waals surface area contributed by atoms with E-state index in [1.807, 2.05) is 38.8 Å². The molecular formula is C18H34N6O2. The molecule has 0 saturated carbocycles. The van der Waals surface area contributed by atoms with Crippen molar-refractivity contribution in [2.24, 2.45) is 10.9 Å². The number of nitrogens with one attached hydrogen (secondary N) is 3. The number of carbonyl (C=O) groups is 1. The number of aromatic amines is 1. The van der Waals surface area contributed by atoms with E-state index in [9.17, 15) is 4.79 Å². The number of ether oxygens (including phenoxy) is 1. The van der Waals surface area contributed by atoms with Crippen molar-refractivity contribution in [2.75, 3.05) is 20.6 Å². The predicted molar refractivity (Wildman–Crippen MR) is 104 cm³/mol. The average Bonchev–Trinajstić information content (AvgIpc) is 3.03. The lowest BCUT2D eigenvalue weighted by atomic mass is 10.0. The Morgan fingerprint density at radius 2 is 2.12 bits per heavy atom. The van der Waals surface area contributed by atoms with Gasteiger partial charge >= 0.3 is 6.09 Å². The molecule has 0 aliphatic rings. The van der Waals surface area contributed by atoms with Gasteiger partial charge in [0.05, 0.1) is 12.2 Å². The molecule has 26 heavy (non-hydrogen) atoms. The molecule has 3 N–H and O–H groups in total. The first-order chi connectivity index (χ1) is 12.1. The van der Waals surface area contributed by atoms with E-state index < -0.39 is 5.60 Å². The van der Waals surface area contributed by atoms with E-state index in [-0.39, 0.29) is 12.1 Å². The topological polar surface area (TPSA) is 94.6 Å². The molecule has 1 heterocycles. The van der Waals surface area contributed by atoms with Gasteiger partial charge in [-0.1, -0.05) is 13.8 Å². The van der Waals surface area contributed by atoms with Crippen LogP contribution in [0.2, 0.25) is 0 Å². The van der Waals surface area contributed by atoms with Crippen LogP contribution in [0, 0.1) is 5.92 Å². The number of H-pyrrole nitrogens is 1. The summed E-state index contributed by atoms with van der Waals surface area (Å²) >= 11 is 0. The highest BCUT2D eigenvalue weighted by molar-refractivity contribution is 5.79. The highest BCUT2D eigenvalue weighted by Gasteiger charge is 2.22. The van der Waals surface area contributed by atoms with Crippen molar-refractivity contribution >= 4 is 12.1 Å². The number of hydrogen-bond donors (Lipinski definition) is 3. The molecule has 1 amide bonds. The Kier molecular flexibility index (Phi) is 8.41. The Labute approximate surface area is 156 Å². The summed E-state index contributed by atoms with van der Waals surface area (Å²) in [6, 6.07) is 1.94. The van der Waals surface area contributed by atoms with E-state index in [0.29, 0.717) is 12.5 Å². The molecule has 1 aromatic heterocycles. The summed E-state index contributed by atoms with van der Waals surface area (Å²) in [5.41, 5.74) is 0.493. The van der Waals surface area contributed by atoms with E-state index in [0.717, 1.165) is 24.6 Å². The summed E-state index contributed by atoms with van der Waals surface area (Å²) in [6.45, 7) is 11.1. The molecule has 0 fully saturated rings. The summed E-state index contributed by atoms with van der Waals surface area (Å²) in [7, 11) is 3.73. The van der Waals surface area contributed by atoms with Crippen molar-refractivity contribution in [2.45, 2.75) is 59.2 Å². The Hall–Kier alpha value is -2.25. The summed E-state index contributed by atoms with van der Waals surface area (Å²) in [5, 5.41) is 13.1. The fraction of sp³-hybridized carbons (Fsp3) is 0.722. The predicted octanol–water partition coefficient (Wildman–Crippen LogP) is 2.36. The monoisotopic (exact) mass is 366 g/mol. The van der Waals surface area contributed by atoms with Gasteiger partial charge in [-0.25, -0.2) is 4.79 Å². The maximum Gasteiger partial charge on any atom is 0.407 e. The fourth-order valence-electron chi connectivity index (χ4n) is 2.41. The van der Waals surface area contributed by atoms with Gasteiger partial charge in [0.2, 0.25) is 0 Å². The minimum Gasteiger partial charge on any atom is -0.444 e. The van der Waals surface area contributed by atoms with Gasteiger partial charge in [0.1, 0.15) is 5.60 Å². The maximum atomic E-state index is 12.0. The Morgan fingerprint density at radius 3 is 2.62 bits per heavy atom. The lowest BCUT2D eigenvalue weighted by Gasteiger charge is -2.28. The Bertz CT molecular complexity index is 563.